The van der Waals surface area contributed by atoms with Crippen LogP contribution in [-0.4, -0.2) is 19.6 Å². The van der Waals surface area contributed by atoms with Gasteiger partial charge in [0.05, 0.1) is 12.8 Å². The SMILES string of the molecule is COc1ccc(C)cc1NC(=O)CCNc1ccc(C(C)(C)C)cc1. The number of benzene rings is 2. The smallest absolute Gasteiger partial charge is 0.226 e. The molecule has 0 aliphatic rings. The molecule has 0 heterocycles. The first-order chi connectivity index (χ1) is 11.8. The van der Waals surface area contributed by atoms with Gasteiger partial charge in [-0.15, -0.1) is 0 Å². The molecule has 2 rings (SSSR count). The maximum absolute atomic E-state index is 12.2. The predicted molar refractivity (Wildman–Crippen MR) is 105 cm³/mol. The lowest BCUT2D eigenvalue weighted by Gasteiger charge is -2.19. The molecular formula is C21H28N2O2. The average molecular weight is 340 g/mol. The summed E-state index contributed by atoms with van der Waals surface area (Å²) in [4.78, 5) is 12.2. The van der Waals surface area contributed by atoms with Gasteiger partial charge in [0.25, 0.3) is 0 Å². The topological polar surface area (TPSA) is 50.4 Å². The Bertz CT molecular complexity index is 716. The molecular weight excluding hydrogens is 312 g/mol. The van der Waals surface area contributed by atoms with Crippen LogP contribution in [0, 0.1) is 6.92 Å². The lowest BCUT2D eigenvalue weighted by Crippen LogP contribution is -2.17. The van der Waals surface area contributed by atoms with E-state index in [1.54, 1.807) is 7.11 Å². The van der Waals surface area contributed by atoms with Crippen LogP contribution in [0.5, 0.6) is 5.75 Å². The molecule has 0 unspecified atom stereocenters. The number of amides is 1. The summed E-state index contributed by atoms with van der Waals surface area (Å²) in [5, 5.41) is 6.20. The van der Waals surface area contributed by atoms with E-state index in [1.165, 1.54) is 5.56 Å². The Labute approximate surface area is 150 Å². The Kier molecular flexibility index (Phi) is 6.07. The third-order valence-corrected chi connectivity index (χ3v) is 4.06. The van der Waals surface area contributed by atoms with Crippen molar-refractivity contribution in [1.29, 1.82) is 0 Å². The summed E-state index contributed by atoms with van der Waals surface area (Å²) in [5.41, 5.74) is 4.25. The van der Waals surface area contributed by atoms with Crippen LogP contribution in [0.1, 0.15) is 38.3 Å². The molecule has 4 heteroatoms. The van der Waals surface area contributed by atoms with Gasteiger partial charge in [-0.1, -0.05) is 39.0 Å². The first-order valence-corrected chi connectivity index (χ1v) is 8.58. The number of ether oxygens (including phenoxy) is 1. The van der Waals surface area contributed by atoms with E-state index in [4.69, 9.17) is 4.74 Å². The fraction of sp³-hybridized carbons (Fsp3) is 0.381. The van der Waals surface area contributed by atoms with Crippen molar-refractivity contribution in [3.05, 3.63) is 53.6 Å². The maximum Gasteiger partial charge on any atom is 0.226 e. The van der Waals surface area contributed by atoms with Crippen molar-refractivity contribution in [2.75, 3.05) is 24.3 Å². The van der Waals surface area contributed by atoms with E-state index in [1.807, 2.05) is 25.1 Å². The molecule has 0 fully saturated rings. The number of hydrogen-bond acceptors (Lipinski definition) is 3. The second-order valence-electron chi connectivity index (χ2n) is 7.26. The number of carbonyl (C=O) groups excluding carboxylic acids is 1. The third kappa shape index (κ3) is 5.52. The monoisotopic (exact) mass is 340 g/mol. The van der Waals surface area contributed by atoms with Crippen LogP contribution >= 0.6 is 0 Å². The van der Waals surface area contributed by atoms with Gasteiger partial charge < -0.3 is 15.4 Å². The number of nitrogens with one attached hydrogen (secondary N) is 2. The van der Waals surface area contributed by atoms with Gasteiger partial charge >= 0.3 is 0 Å². The minimum absolute atomic E-state index is 0.0392. The number of anilines is 2. The highest BCUT2D eigenvalue weighted by atomic mass is 16.5. The minimum Gasteiger partial charge on any atom is -0.495 e. The molecule has 134 valence electrons. The summed E-state index contributed by atoms with van der Waals surface area (Å²) in [6.07, 6.45) is 0.387. The van der Waals surface area contributed by atoms with Crippen LogP contribution in [0.3, 0.4) is 0 Å². The van der Waals surface area contributed by atoms with Crippen molar-refractivity contribution in [1.82, 2.24) is 0 Å². The normalized spacial score (nSPS) is 11.1. The number of rotatable bonds is 6. The molecule has 0 atom stereocenters. The summed E-state index contributed by atoms with van der Waals surface area (Å²) in [6.45, 7) is 9.14. The summed E-state index contributed by atoms with van der Waals surface area (Å²) in [7, 11) is 1.60. The fourth-order valence-corrected chi connectivity index (χ4v) is 2.54. The highest BCUT2D eigenvalue weighted by Gasteiger charge is 2.13. The predicted octanol–water partition coefficient (Wildman–Crippen LogP) is 4.74. The largest absolute Gasteiger partial charge is 0.495 e. The van der Waals surface area contributed by atoms with E-state index in [2.05, 4.69) is 55.7 Å². The summed E-state index contributed by atoms with van der Waals surface area (Å²) >= 11 is 0. The molecule has 25 heavy (non-hydrogen) atoms. The van der Waals surface area contributed by atoms with E-state index >= 15 is 0 Å². The Hall–Kier alpha value is -2.49. The number of carbonyl (C=O) groups is 1. The summed E-state index contributed by atoms with van der Waals surface area (Å²) < 4.78 is 5.28. The van der Waals surface area contributed by atoms with Gasteiger partial charge in [-0.2, -0.15) is 0 Å². The molecule has 0 aliphatic heterocycles. The highest BCUT2D eigenvalue weighted by molar-refractivity contribution is 5.92. The van der Waals surface area contributed by atoms with Crippen LogP contribution in [0.2, 0.25) is 0 Å². The standard InChI is InChI=1S/C21H28N2O2/c1-15-6-11-19(25-5)18(14-15)23-20(24)12-13-22-17-9-7-16(8-10-17)21(2,3)4/h6-11,14,22H,12-13H2,1-5H3,(H,23,24). The number of aryl methyl sites for hydroxylation is 1. The maximum atomic E-state index is 12.2. The highest BCUT2D eigenvalue weighted by Crippen LogP contribution is 2.25. The fourth-order valence-electron chi connectivity index (χ4n) is 2.54. The molecule has 0 aromatic heterocycles. The van der Waals surface area contributed by atoms with Crippen LogP contribution < -0.4 is 15.4 Å². The van der Waals surface area contributed by atoms with Gasteiger partial charge in [-0.3, -0.25) is 4.79 Å². The quantitative estimate of drug-likeness (QED) is 0.798. The summed E-state index contributed by atoms with van der Waals surface area (Å²) in [5.74, 6) is 0.632. The van der Waals surface area contributed by atoms with E-state index in [0.717, 1.165) is 11.3 Å². The molecule has 1 amide bonds. The zero-order chi connectivity index (χ0) is 18.4. The van der Waals surface area contributed by atoms with E-state index in [0.29, 0.717) is 24.4 Å². The molecule has 0 spiro atoms. The molecule has 4 nitrogen and oxygen atoms in total. The lowest BCUT2D eigenvalue weighted by molar-refractivity contribution is -0.116. The van der Waals surface area contributed by atoms with Gasteiger partial charge in [0.15, 0.2) is 0 Å². The Morgan fingerprint density at radius 2 is 1.76 bits per heavy atom. The molecule has 0 bridgehead atoms. The van der Waals surface area contributed by atoms with Crippen molar-refractivity contribution < 1.29 is 9.53 Å². The van der Waals surface area contributed by atoms with Crippen molar-refractivity contribution >= 4 is 17.3 Å². The van der Waals surface area contributed by atoms with Gasteiger partial charge in [-0.05, 0) is 47.7 Å². The molecule has 0 aliphatic carbocycles. The Balaban J connectivity index is 1.86. The van der Waals surface area contributed by atoms with Crippen LogP contribution in [0.25, 0.3) is 0 Å². The first-order valence-electron chi connectivity index (χ1n) is 8.58. The molecule has 0 radical (unpaired) electrons. The van der Waals surface area contributed by atoms with Gasteiger partial charge in [0.1, 0.15) is 5.75 Å². The second kappa shape index (κ2) is 8.06. The van der Waals surface area contributed by atoms with Crippen LogP contribution in [0.4, 0.5) is 11.4 Å². The minimum atomic E-state index is -0.0392. The van der Waals surface area contributed by atoms with Gasteiger partial charge in [0, 0.05) is 18.7 Å². The van der Waals surface area contributed by atoms with E-state index in [-0.39, 0.29) is 11.3 Å². The number of methoxy groups -OCH3 is 1. The van der Waals surface area contributed by atoms with E-state index in [9.17, 15) is 4.79 Å². The molecule has 0 saturated heterocycles. The third-order valence-electron chi connectivity index (χ3n) is 4.06. The van der Waals surface area contributed by atoms with Crippen molar-refractivity contribution in [2.45, 2.75) is 39.5 Å². The van der Waals surface area contributed by atoms with Crippen LogP contribution in [-0.2, 0) is 10.2 Å². The average Bonchev–Trinajstić information content (AvgIpc) is 2.55. The molecule has 2 aromatic rings. The molecule has 2 aromatic carbocycles. The van der Waals surface area contributed by atoms with Crippen molar-refractivity contribution in [3.63, 3.8) is 0 Å². The molecule has 2 N–H and O–H groups in total. The summed E-state index contributed by atoms with van der Waals surface area (Å²) in [6, 6.07) is 14.1. The van der Waals surface area contributed by atoms with Gasteiger partial charge in [0.2, 0.25) is 5.91 Å². The van der Waals surface area contributed by atoms with Crippen molar-refractivity contribution in [3.8, 4) is 5.75 Å². The van der Waals surface area contributed by atoms with E-state index < -0.39 is 0 Å². The lowest BCUT2D eigenvalue weighted by atomic mass is 9.87. The zero-order valence-electron chi connectivity index (χ0n) is 15.8. The van der Waals surface area contributed by atoms with Crippen LogP contribution in [0.15, 0.2) is 42.5 Å². The van der Waals surface area contributed by atoms with Gasteiger partial charge in [-0.25, -0.2) is 0 Å². The Morgan fingerprint density at radius 3 is 2.36 bits per heavy atom. The molecule has 0 saturated carbocycles. The second-order valence-corrected chi connectivity index (χ2v) is 7.26. The van der Waals surface area contributed by atoms with Crippen molar-refractivity contribution in [2.24, 2.45) is 0 Å². The Morgan fingerprint density at radius 1 is 1.08 bits per heavy atom. The number of hydrogen-bond donors (Lipinski definition) is 2. The zero-order valence-corrected chi connectivity index (χ0v) is 15.8. The first kappa shape index (κ1) is 18.8.